The van der Waals surface area contributed by atoms with Crippen LogP contribution < -0.4 is 5.73 Å². The number of hydrogen-bond acceptors (Lipinski definition) is 4. The first-order chi connectivity index (χ1) is 8.31. The first-order valence-corrected chi connectivity index (χ1v) is 6.71. The molecule has 1 saturated heterocycles. The van der Waals surface area contributed by atoms with Crippen molar-refractivity contribution in [3.05, 3.63) is 5.69 Å². The Morgan fingerprint density at radius 3 is 2.65 bits per heavy atom. The SMILES string of the molecule is CCCc1c(N)nnn1CCN1CCCCC1. The van der Waals surface area contributed by atoms with E-state index in [1.54, 1.807) is 0 Å². The van der Waals surface area contributed by atoms with Gasteiger partial charge < -0.3 is 10.6 Å². The van der Waals surface area contributed by atoms with E-state index in [-0.39, 0.29) is 0 Å². The van der Waals surface area contributed by atoms with Gasteiger partial charge in [0.2, 0.25) is 0 Å². The van der Waals surface area contributed by atoms with E-state index in [9.17, 15) is 0 Å². The Morgan fingerprint density at radius 2 is 1.94 bits per heavy atom. The topological polar surface area (TPSA) is 60.0 Å². The lowest BCUT2D eigenvalue weighted by Gasteiger charge is -2.26. The molecule has 2 heterocycles. The van der Waals surface area contributed by atoms with Crippen molar-refractivity contribution in [2.24, 2.45) is 0 Å². The molecule has 0 saturated carbocycles. The number of nitrogen functional groups attached to an aromatic ring is 1. The van der Waals surface area contributed by atoms with Gasteiger partial charge in [0, 0.05) is 6.54 Å². The molecule has 17 heavy (non-hydrogen) atoms. The Morgan fingerprint density at radius 1 is 1.18 bits per heavy atom. The third-order valence-electron chi connectivity index (χ3n) is 3.43. The molecule has 96 valence electrons. The van der Waals surface area contributed by atoms with Crippen molar-refractivity contribution in [1.82, 2.24) is 19.9 Å². The highest BCUT2D eigenvalue weighted by Gasteiger charge is 2.12. The van der Waals surface area contributed by atoms with Crippen molar-refractivity contribution >= 4 is 5.82 Å². The lowest BCUT2D eigenvalue weighted by Crippen LogP contribution is -2.33. The summed E-state index contributed by atoms with van der Waals surface area (Å²) in [6.07, 6.45) is 6.11. The smallest absolute Gasteiger partial charge is 0.169 e. The molecule has 1 aromatic heterocycles. The Bertz CT molecular complexity index is 341. The molecule has 0 atom stereocenters. The summed E-state index contributed by atoms with van der Waals surface area (Å²) in [6.45, 7) is 6.60. The van der Waals surface area contributed by atoms with Crippen LogP contribution in [0.25, 0.3) is 0 Å². The lowest BCUT2D eigenvalue weighted by atomic mass is 10.1. The van der Waals surface area contributed by atoms with Crippen LogP contribution >= 0.6 is 0 Å². The Kier molecular flexibility index (Phi) is 4.36. The van der Waals surface area contributed by atoms with Gasteiger partial charge in [0.1, 0.15) is 0 Å². The molecule has 0 unspecified atom stereocenters. The van der Waals surface area contributed by atoms with Crippen LogP contribution in [0.15, 0.2) is 0 Å². The third-order valence-corrected chi connectivity index (χ3v) is 3.43. The van der Waals surface area contributed by atoms with Crippen LogP contribution in [0, 0.1) is 0 Å². The number of nitrogens with zero attached hydrogens (tertiary/aromatic N) is 4. The molecule has 0 aromatic carbocycles. The van der Waals surface area contributed by atoms with E-state index in [0.29, 0.717) is 5.82 Å². The second-order valence-electron chi connectivity index (χ2n) is 4.80. The van der Waals surface area contributed by atoms with Gasteiger partial charge in [-0.2, -0.15) is 0 Å². The predicted octanol–water partition coefficient (Wildman–Crippen LogP) is 1.30. The summed E-state index contributed by atoms with van der Waals surface area (Å²) in [5.74, 6) is 0.602. The highest BCUT2D eigenvalue weighted by atomic mass is 15.4. The number of likely N-dealkylation sites (tertiary alicyclic amines) is 1. The lowest BCUT2D eigenvalue weighted by molar-refractivity contribution is 0.216. The number of hydrogen-bond donors (Lipinski definition) is 1. The van der Waals surface area contributed by atoms with Crippen molar-refractivity contribution in [3.63, 3.8) is 0 Å². The van der Waals surface area contributed by atoms with E-state index in [1.165, 1.54) is 32.4 Å². The maximum absolute atomic E-state index is 5.83. The zero-order valence-corrected chi connectivity index (χ0v) is 10.7. The highest BCUT2D eigenvalue weighted by molar-refractivity contribution is 5.32. The number of anilines is 1. The molecular formula is C12H23N5. The number of piperidine rings is 1. The summed E-state index contributed by atoms with van der Waals surface area (Å²) >= 11 is 0. The molecule has 5 nitrogen and oxygen atoms in total. The molecule has 0 radical (unpaired) electrons. The van der Waals surface area contributed by atoms with Gasteiger partial charge in [0.15, 0.2) is 5.82 Å². The van der Waals surface area contributed by atoms with Gasteiger partial charge in [-0.1, -0.05) is 25.0 Å². The van der Waals surface area contributed by atoms with Crippen molar-refractivity contribution in [2.75, 3.05) is 25.4 Å². The molecule has 0 amide bonds. The average molecular weight is 237 g/mol. The number of aromatic nitrogens is 3. The molecule has 0 bridgehead atoms. The van der Waals surface area contributed by atoms with Crippen molar-refractivity contribution in [1.29, 1.82) is 0 Å². The molecule has 1 aliphatic heterocycles. The largest absolute Gasteiger partial charge is 0.381 e. The van der Waals surface area contributed by atoms with E-state index < -0.39 is 0 Å². The molecule has 2 N–H and O–H groups in total. The summed E-state index contributed by atoms with van der Waals surface area (Å²) in [5, 5.41) is 8.10. The Hall–Kier alpha value is -1.10. The van der Waals surface area contributed by atoms with Gasteiger partial charge >= 0.3 is 0 Å². The van der Waals surface area contributed by atoms with Gasteiger partial charge in [0.05, 0.1) is 12.2 Å². The fraction of sp³-hybridized carbons (Fsp3) is 0.833. The maximum Gasteiger partial charge on any atom is 0.169 e. The zero-order chi connectivity index (χ0) is 12.1. The van der Waals surface area contributed by atoms with Crippen molar-refractivity contribution in [3.8, 4) is 0 Å². The first kappa shape index (κ1) is 12.4. The normalized spacial score (nSPS) is 17.5. The summed E-state index contributed by atoms with van der Waals surface area (Å²) in [4.78, 5) is 2.51. The summed E-state index contributed by atoms with van der Waals surface area (Å²) in [5.41, 5.74) is 6.93. The summed E-state index contributed by atoms with van der Waals surface area (Å²) in [7, 11) is 0. The van der Waals surface area contributed by atoms with Crippen LogP contribution in [-0.2, 0) is 13.0 Å². The second-order valence-corrected chi connectivity index (χ2v) is 4.80. The van der Waals surface area contributed by atoms with E-state index >= 15 is 0 Å². The molecular weight excluding hydrogens is 214 g/mol. The Balaban J connectivity index is 1.89. The third kappa shape index (κ3) is 3.19. The van der Waals surface area contributed by atoms with E-state index in [0.717, 1.165) is 31.6 Å². The van der Waals surface area contributed by atoms with Crippen LogP contribution in [-0.4, -0.2) is 39.5 Å². The summed E-state index contributed by atoms with van der Waals surface area (Å²) < 4.78 is 1.98. The second kappa shape index (κ2) is 6.00. The number of nitrogens with two attached hydrogens (primary N) is 1. The number of rotatable bonds is 5. The monoisotopic (exact) mass is 237 g/mol. The minimum atomic E-state index is 0.602. The molecule has 0 spiro atoms. The van der Waals surface area contributed by atoms with E-state index in [4.69, 9.17) is 5.73 Å². The van der Waals surface area contributed by atoms with Crippen LogP contribution in [0.4, 0.5) is 5.82 Å². The first-order valence-electron chi connectivity index (χ1n) is 6.71. The maximum atomic E-state index is 5.83. The van der Waals surface area contributed by atoms with Gasteiger partial charge in [-0.05, 0) is 32.4 Å². The van der Waals surface area contributed by atoms with Crippen LogP contribution in [0.3, 0.4) is 0 Å². The average Bonchev–Trinajstić information content (AvgIpc) is 2.70. The molecule has 2 rings (SSSR count). The van der Waals surface area contributed by atoms with Crippen LogP contribution in [0.2, 0.25) is 0 Å². The predicted molar refractivity (Wildman–Crippen MR) is 68.7 cm³/mol. The van der Waals surface area contributed by atoms with E-state index in [1.807, 2.05) is 4.68 Å². The van der Waals surface area contributed by atoms with Crippen molar-refractivity contribution in [2.45, 2.75) is 45.6 Å². The fourth-order valence-corrected chi connectivity index (χ4v) is 2.44. The molecule has 5 heteroatoms. The van der Waals surface area contributed by atoms with Gasteiger partial charge in [0.25, 0.3) is 0 Å². The zero-order valence-electron chi connectivity index (χ0n) is 10.7. The van der Waals surface area contributed by atoms with Gasteiger partial charge in [-0.25, -0.2) is 4.68 Å². The van der Waals surface area contributed by atoms with Gasteiger partial charge in [-0.3, -0.25) is 0 Å². The van der Waals surface area contributed by atoms with Crippen LogP contribution in [0.1, 0.15) is 38.3 Å². The standard InChI is InChI=1S/C12H23N5/c1-2-6-11-12(13)14-15-17(11)10-9-16-7-4-3-5-8-16/h2-10,13H2,1H3. The molecule has 1 fully saturated rings. The van der Waals surface area contributed by atoms with E-state index in [2.05, 4.69) is 22.1 Å². The van der Waals surface area contributed by atoms with Gasteiger partial charge in [-0.15, -0.1) is 5.10 Å². The van der Waals surface area contributed by atoms with Crippen molar-refractivity contribution < 1.29 is 0 Å². The Labute approximate surface area is 103 Å². The molecule has 1 aliphatic rings. The molecule has 0 aliphatic carbocycles. The highest BCUT2D eigenvalue weighted by Crippen LogP contribution is 2.12. The minimum absolute atomic E-state index is 0.602. The van der Waals surface area contributed by atoms with Crippen LogP contribution in [0.5, 0.6) is 0 Å². The fourth-order valence-electron chi connectivity index (χ4n) is 2.44. The minimum Gasteiger partial charge on any atom is -0.381 e. The quantitative estimate of drug-likeness (QED) is 0.838. The summed E-state index contributed by atoms with van der Waals surface area (Å²) in [6, 6.07) is 0. The molecule has 1 aromatic rings.